The van der Waals surface area contributed by atoms with Crippen LogP contribution >= 0.6 is 0 Å². The van der Waals surface area contributed by atoms with E-state index in [0.717, 1.165) is 30.2 Å². The Balaban J connectivity index is 1.59. The van der Waals surface area contributed by atoms with Crippen molar-refractivity contribution in [3.63, 3.8) is 0 Å². The number of fused-ring (bicyclic) bond motifs is 1. The highest BCUT2D eigenvalue weighted by molar-refractivity contribution is 6.60. The van der Waals surface area contributed by atoms with Crippen LogP contribution in [0.15, 0.2) is 18.2 Å². The van der Waals surface area contributed by atoms with Gasteiger partial charge in [-0.05, 0) is 64.2 Å². The first-order valence-corrected chi connectivity index (χ1v) is 13.3. The molecule has 2 aliphatic rings. The molecule has 1 aromatic rings. The molecule has 1 aliphatic carbocycles. The Labute approximate surface area is 177 Å². The molecule has 1 fully saturated rings. The van der Waals surface area contributed by atoms with Gasteiger partial charge in [-0.1, -0.05) is 18.9 Å². The van der Waals surface area contributed by atoms with E-state index in [1.165, 1.54) is 31.2 Å². The van der Waals surface area contributed by atoms with E-state index in [0.29, 0.717) is 32.3 Å². The summed E-state index contributed by atoms with van der Waals surface area (Å²) in [7, 11) is -2.56. The van der Waals surface area contributed by atoms with Crippen molar-refractivity contribution in [2.45, 2.75) is 84.7 Å². The van der Waals surface area contributed by atoms with Crippen LogP contribution in [0.5, 0.6) is 5.75 Å². The molecule has 1 heterocycles. The van der Waals surface area contributed by atoms with Gasteiger partial charge in [0.25, 0.3) is 0 Å². The van der Waals surface area contributed by atoms with Gasteiger partial charge in [-0.25, -0.2) is 0 Å². The molecule has 1 saturated carbocycles. The smallest absolute Gasteiger partial charge is 0.462 e. The topological polar surface area (TPSA) is 46.2 Å². The lowest BCUT2D eigenvalue weighted by Gasteiger charge is -2.40. The molecule has 0 N–H and O–H groups in total. The lowest BCUT2D eigenvalue weighted by molar-refractivity contribution is -0.224. The molecule has 164 valence electrons. The molecule has 1 aliphatic heterocycles. The van der Waals surface area contributed by atoms with Gasteiger partial charge in [0.15, 0.2) is 0 Å². The summed E-state index contributed by atoms with van der Waals surface area (Å²) in [5, 5.41) is 0. The maximum Gasteiger partial charge on any atom is 0.500 e. The zero-order valence-corrected chi connectivity index (χ0v) is 19.6. The lowest BCUT2D eigenvalue weighted by Crippen LogP contribution is -2.46. The van der Waals surface area contributed by atoms with Gasteiger partial charge >= 0.3 is 8.80 Å². The van der Waals surface area contributed by atoms with Crippen LogP contribution in [0.4, 0.5) is 0 Å². The minimum atomic E-state index is -2.56. The third-order valence-electron chi connectivity index (χ3n) is 6.09. The van der Waals surface area contributed by atoms with Crippen LogP contribution in [-0.4, -0.2) is 34.4 Å². The van der Waals surface area contributed by atoms with Crippen LogP contribution in [0.1, 0.15) is 70.9 Å². The van der Waals surface area contributed by atoms with Gasteiger partial charge in [-0.15, -0.1) is 0 Å². The molecule has 0 saturated heterocycles. The number of aryl methyl sites for hydroxylation is 1. The Morgan fingerprint density at radius 2 is 1.69 bits per heavy atom. The number of benzene rings is 1. The number of ether oxygens (including phenoxy) is 2. The summed E-state index contributed by atoms with van der Waals surface area (Å²) < 4.78 is 30.4. The monoisotopic (exact) mass is 422 g/mol. The van der Waals surface area contributed by atoms with Gasteiger partial charge in [0, 0.05) is 44.3 Å². The quantitative estimate of drug-likeness (QED) is 0.442. The standard InChI is InChI=1S/C23H38O5Si/c1-5-25-29(26-6-2,27-7-3)16-10-11-19-14-15-22-20(17-19)18-24-23(4,28-22)21-12-8-9-13-21/h14-15,17,21H,5-13,16,18H2,1-4H3. The van der Waals surface area contributed by atoms with Crippen molar-refractivity contribution in [2.24, 2.45) is 5.92 Å². The van der Waals surface area contributed by atoms with E-state index in [1.54, 1.807) is 0 Å². The summed E-state index contributed by atoms with van der Waals surface area (Å²) in [5.74, 6) is 1.02. The van der Waals surface area contributed by atoms with Gasteiger partial charge in [-0.2, -0.15) is 0 Å². The summed E-state index contributed by atoms with van der Waals surface area (Å²) in [6.07, 6.45) is 6.93. The van der Waals surface area contributed by atoms with E-state index in [2.05, 4.69) is 25.1 Å². The third kappa shape index (κ3) is 5.61. The molecule has 1 atom stereocenters. The van der Waals surface area contributed by atoms with Crippen LogP contribution < -0.4 is 4.74 Å². The Morgan fingerprint density at radius 3 is 2.31 bits per heavy atom. The van der Waals surface area contributed by atoms with Crippen molar-refractivity contribution in [1.82, 2.24) is 0 Å². The second-order valence-electron chi connectivity index (χ2n) is 8.17. The highest BCUT2D eigenvalue weighted by atomic mass is 28.4. The number of hydrogen-bond donors (Lipinski definition) is 0. The molecule has 3 rings (SSSR count). The van der Waals surface area contributed by atoms with Crippen LogP contribution in [0, 0.1) is 5.92 Å². The first kappa shape index (κ1) is 22.8. The molecule has 6 heteroatoms. The largest absolute Gasteiger partial charge is 0.500 e. The highest BCUT2D eigenvalue weighted by Gasteiger charge is 2.42. The van der Waals surface area contributed by atoms with Gasteiger partial charge in [0.2, 0.25) is 5.79 Å². The van der Waals surface area contributed by atoms with E-state index in [-0.39, 0.29) is 0 Å². The van der Waals surface area contributed by atoms with Crippen molar-refractivity contribution < 1.29 is 22.8 Å². The van der Waals surface area contributed by atoms with Crippen molar-refractivity contribution in [3.8, 4) is 5.75 Å². The summed E-state index contributed by atoms with van der Waals surface area (Å²) in [4.78, 5) is 0. The zero-order chi connectivity index (χ0) is 20.7. The number of hydrogen-bond acceptors (Lipinski definition) is 5. The maximum atomic E-state index is 6.34. The first-order chi connectivity index (χ1) is 14.0. The fourth-order valence-electron chi connectivity index (χ4n) is 4.63. The van der Waals surface area contributed by atoms with Gasteiger partial charge in [0.1, 0.15) is 5.75 Å². The molecule has 0 bridgehead atoms. The van der Waals surface area contributed by atoms with Gasteiger partial charge in [-0.3, -0.25) is 0 Å². The van der Waals surface area contributed by atoms with Crippen LogP contribution in [0.25, 0.3) is 0 Å². The molecular weight excluding hydrogens is 384 g/mol. The normalized spacial score (nSPS) is 22.5. The summed E-state index contributed by atoms with van der Waals surface area (Å²) in [5.41, 5.74) is 2.45. The van der Waals surface area contributed by atoms with Gasteiger partial charge in [0.05, 0.1) is 6.61 Å². The molecule has 0 aromatic heterocycles. The molecule has 1 unspecified atom stereocenters. The first-order valence-electron chi connectivity index (χ1n) is 11.4. The average Bonchev–Trinajstić information content (AvgIpc) is 3.25. The van der Waals surface area contributed by atoms with Crippen molar-refractivity contribution in [3.05, 3.63) is 29.3 Å². The Morgan fingerprint density at radius 1 is 1.03 bits per heavy atom. The predicted molar refractivity (Wildman–Crippen MR) is 116 cm³/mol. The van der Waals surface area contributed by atoms with Crippen molar-refractivity contribution in [1.29, 1.82) is 0 Å². The molecular formula is C23H38O5Si. The average molecular weight is 423 g/mol. The maximum absolute atomic E-state index is 6.34. The molecule has 0 spiro atoms. The molecule has 0 radical (unpaired) electrons. The summed E-state index contributed by atoms with van der Waals surface area (Å²) in [6.45, 7) is 10.6. The minimum absolute atomic E-state index is 0.470. The summed E-state index contributed by atoms with van der Waals surface area (Å²) in [6, 6.07) is 7.38. The van der Waals surface area contributed by atoms with Crippen LogP contribution in [-0.2, 0) is 31.0 Å². The van der Waals surface area contributed by atoms with Crippen molar-refractivity contribution >= 4 is 8.80 Å². The Bertz CT molecular complexity index is 629. The van der Waals surface area contributed by atoms with E-state index < -0.39 is 14.6 Å². The summed E-state index contributed by atoms with van der Waals surface area (Å²) >= 11 is 0. The molecule has 0 amide bonds. The van der Waals surface area contributed by atoms with E-state index in [1.807, 2.05) is 20.8 Å². The lowest BCUT2D eigenvalue weighted by atomic mass is 9.96. The SMILES string of the molecule is CCO[Si](CCCc1ccc2c(c1)COC(C)(C1CCCC1)O2)(OCC)OCC. The van der Waals surface area contributed by atoms with E-state index >= 15 is 0 Å². The van der Waals surface area contributed by atoms with Crippen LogP contribution in [0.2, 0.25) is 6.04 Å². The minimum Gasteiger partial charge on any atom is -0.462 e. The van der Waals surface area contributed by atoms with Crippen molar-refractivity contribution in [2.75, 3.05) is 19.8 Å². The second-order valence-corrected chi connectivity index (χ2v) is 10.9. The fourth-order valence-corrected chi connectivity index (χ4v) is 7.24. The second kappa shape index (κ2) is 10.4. The predicted octanol–water partition coefficient (Wildman–Crippen LogP) is 5.48. The highest BCUT2D eigenvalue weighted by Crippen LogP contribution is 2.42. The number of rotatable bonds is 11. The molecule has 1 aromatic carbocycles. The van der Waals surface area contributed by atoms with Gasteiger partial charge < -0.3 is 22.8 Å². The molecule has 5 nitrogen and oxygen atoms in total. The fraction of sp³-hybridized carbons (Fsp3) is 0.739. The third-order valence-corrected chi connectivity index (χ3v) is 9.24. The Kier molecular flexibility index (Phi) is 8.16. The molecule has 29 heavy (non-hydrogen) atoms. The van der Waals surface area contributed by atoms with Crippen LogP contribution in [0.3, 0.4) is 0 Å². The van der Waals surface area contributed by atoms with E-state index in [4.69, 9.17) is 22.8 Å². The zero-order valence-electron chi connectivity index (χ0n) is 18.6. The Hall–Kier alpha value is -0.923. The van der Waals surface area contributed by atoms with E-state index in [9.17, 15) is 0 Å².